The van der Waals surface area contributed by atoms with Gasteiger partial charge in [0.15, 0.2) is 0 Å². The summed E-state index contributed by atoms with van der Waals surface area (Å²) in [4.78, 5) is 0. The molecule has 0 aliphatic heterocycles. The van der Waals surface area contributed by atoms with Gasteiger partial charge in [-0.25, -0.2) is 13.5 Å². The average Bonchev–Trinajstić information content (AvgIpc) is 3.16. The number of rotatable bonds is 3. The topological polar surface area (TPSA) is 38.1 Å². The molecule has 152 valence electrons. The van der Waals surface area contributed by atoms with Gasteiger partial charge in [0, 0.05) is 10.8 Å². The number of hydrogen-bond acceptors (Lipinski definition) is 2. The van der Waals surface area contributed by atoms with Crippen molar-refractivity contribution in [2.24, 2.45) is 0 Å². The molecule has 3 nitrogen and oxygen atoms in total. The Hall–Kier alpha value is -3.05. The fraction of sp³-hybridized carbons (Fsp3) is 0.240. The number of hydrogen-bond donors (Lipinski definition) is 1. The van der Waals surface area contributed by atoms with Gasteiger partial charge in [0.25, 0.3) is 0 Å². The van der Waals surface area contributed by atoms with Crippen molar-refractivity contribution in [1.29, 1.82) is 0 Å². The lowest BCUT2D eigenvalue weighted by Gasteiger charge is -2.40. The monoisotopic (exact) mass is 404 g/mol. The van der Waals surface area contributed by atoms with E-state index in [-0.39, 0.29) is 11.6 Å². The van der Waals surface area contributed by atoms with E-state index in [1.54, 1.807) is 30.5 Å². The van der Waals surface area contributed by atoms with E-state index in [0.717, 1.165) is 41.4 Å². The molecule has 0 saturated carbocycles. The van der Waals surface area contributed by atoms with Gasteiger partial charge in [-0.15, -0.1) is 0 Å². The summed E-state index contributed by atoms with van der Waals surface area (Å²) in [5.41, 5.74) is 4.29. The van der Waals surface area contributed by atoms with Crippen molar-refractivity contribution in [3.05, 3.63) is 95.2 Å². The van der Waals surface area contributed by atoms with Gasteiger partial charge in [0.2, 0.25) is 0 Å². The van der Waals surface area contributed by atoms with Crippen molar-refractivity contribution in [2.75, 3.05) is 0 Å². The SMILES string of the molecule is C[C@@]1([C@@H](O)c2ccc(F)cc2)CCCc2cc3c(cnn3-c3ccc(F)cc3)cc21. The predicted molar refractivity (Wildman–Crippen MR) is 113 cm³/mol. The number of nitrogens with zero attached hydrogens (tertiary/aromatic N) is 2. The van der Waals surface area contributed by atoms with Crippen LogP contribution in [0.5, 0.6) is 0 Å². The van der Waals surface area contributed by atoms with Crippen LogP contribution in [0.25, 0.3) is 16.6 Å². The van der Waals surface area contributed by atoms with E-state index in [9.17, 15) is 13.9 Å². The highest BCUT2D eigenvalue weighted by Crippen LogP contribution is 2.47. The van der Waals surface area contributed by atoms with Crippen molar-refractivity contribution in [1.82, 2.24) is 9.78 Å². The standard InChI is InChI=1S/C25H22F2N2O/c1-25(24(30)16-4-6-19(26)7-5-16)12-2-3-17-14-23-18(13-22(17)25)15-28-29(23)21-10-8-20(27)9-11-21/h4-11,13-15,24,30H,2-3,12H2,1H3/t24-,25+/m0/s1. The minimum atomic E-state index is -0.734. The fourth-order valence-corrected chi connectivity index (χ4v) is 4.72. The lowest BCUT2D eigenvalue weighted by Crippen LogP contribution is -2.34. The molecule has 5 rings (SSSR count). The van der Waals surface area contributed by atoms with E-state index in [1.165, 1.54) is 29.8 Å². The Balaban J connectivity index is 1.61. The highest BCUT2D eigenvalue weighted by atomic mass is 19.1. The number of fused-ring (bicyclic) bond motifs is 2. The van der Waals surface area contributed by atoms with Crippen molar-refractivity contribution in [3.8, 4) is 5.69 Å². The molecule has 0 saturated heterocycles. The summed E-state index contributed by atoms with van der Waals surface area (Å²) in [6.07, 6.45) is 3.79. The summed E-state index contributed by atoms with van der Waals surface area (Å²) < 4.78 is 28.5. The lowest BCUT2D eigenvalue weighted by atomic mass is 9.66. The Morgan fingerprint density at radius 2 is 1.67 bits per heavy atom. The minimum Gasteiger partial charge on any atom is -0.387 e. The highest BCUT2D eigenvalue weighted by Gasteiger charge is 2.39. The summed E-state index contributed by atoms with van der Waals surface area (Å²) in [6, 6.07) is 16.6. The molecule has 1 aromatic heterocycles. The average molecular weight is 404 g/mol. The molecule has 2 atom stereocenters. The van der Waals surface area contributed by atoms with Crippen molar-refractivity contribution in [3.63, 3.8) is 0 Å². The smallest absolute Gasteiger partial charge is 0.123 e. The molecule has 3 aromatic carbocycles. The number of aliphatic hydroxyl groups is 1. The van der Waals surface area contributed by atoms with E-state index < -0.39 is 11.5 Å². The second-order valence-electron chi connectivity index (χ2n) is 8.33. The first kappa shape index (κ1) is 18.9. The molecule has 5 heteroatoms. The Kier molecular flexibility index (Phi) is 4.44. The molecule has 1 heterocycles. The molecular formula is C25H22F2N2O. The van der Waals surface area contributed by atoms with Crippen LogP contribution in [-0.4, -0.2) is 14.9 Å². The second kappa shape index (κ2) is 7.03. The summed E-state index contributed by atoms with van der Waals surface area (Å²) in [5, 5.41) is 16.7. The summed E-state index contributed by atoms with van der Waals surface area (Å²) in [5.74, 6) is -0.590. The number of benzene rings is 3. The summed E-state index contributed by atoms with van der Waals surface area (Å²) >= 11 is 0. The van der Waals surface area contributed by atoms with Crippen LogP contribution in [0, 0.1) is 11.6 Å². The van der Waals surface area contributed by atoms with Crippen LogP contribution >= 0.6 is 0 Å². The predicted octanol–water partition coefficient (Wildman–Crippen LogP) is 5.63. The largest absolute Gasteiger partial charge is 0.387 e. The van der Waals surface area contributed by atoms with Gasteiger partial charge in [-0.2, -0.15) is 5.10 Å². The maximum absolute atomic E-state index is 13.4. The van der Waals surface area contributed by atoms with Crippen LogP contribution in [-0.2, 0) is 11.8 Å². The van der Waals surface area contributed by atoms with Crippen LogP contribution in [0.2, 0.25) is 0 Å². The molecular weight excluding hydrogens is 382 g/mol. The van der Waals surface area contributed by atoms with E-state index in [2.05, 4.69) is 24.2 Å². The van der Waals surface area contributed by atoms with E-state index in [0.29, 0.717) is 5.56 Å². The third-order valence-corrected chi connectivity index (χ3v) is 6.41. The zero-order valence-electron chi connectivity index (χ0n) is 16.6. The summed E-state index contributed by atoms with van der Waals surface area (Å²) in [7, 11) is 0. The van der Waals surface area contributed by atoms with Crippen LogP contribution in [0.15, 0.2) is 66.9 Å². The van der Waals surface area contributed by atoms with E-state index in [4.69, 9.17) is 0 Å². The van der Waals surface area contributed by atoms with Crippen molar-refractivity contribution < 1.29 is 13.9 Å². The van der Waals surface area contributed by atoms with Crippen LogP contribution in [0.1, 0.15) is 42.6 Å². The van der Waals surface area contributed by atoms with Gasteiger partial charge < -0.3 is 5.11 Å². The van der Waals surface area contributed by atoms with Crippen LogP contribution in [0.4, 0.5) is 8.78 Å². The number of aryl methyl sites for hydroxylation is 1. The third-order valence-electron chi connectivity index (χ3n) is 6.41. The molecule has 0 amide bonds. The van der Waals surface area contributed by atoms with Gasteiger partial charge in [0.05, 0.1) is 23.5 Å². The number of aromatic nitrogens is 2. The molecule has 0 spiro atoms. The molecule has 0 fully saturated rings. The normalized spacial score (nSPS) is 19.6. The molecule has 0 radical (unpaired) electrons. The molecule has 1 aliphatic rings. The molecule has 1 aliphatic carbocycles. The maximum Gasteiger partial charge on any atom is 0.123 e. The number of halogens is 2. The van der Waals surface area contributed by atoms with Gasteiger partial charge in [-0.05, 0) is 84.5 Å². The Bertz CT molecular complexity index is 1210. The highest BCUT2D eigenvalue weighted by molar-refractivity contribution is 5.82. The Morgan fingerprint density at radius 3 is 2.37 bits per heavy atom. The lowest BCUT2D eigenvalue weighted by molar-refractivity contribution is 0.0783. The van der Waals surface area contributed by atoms with Gasteiger partial charge in [0.1, 0.15) is 11.6 Å². The molecule has 30 heavy (non-hydrogen) atoms. The van der Waals surface area contributed by atoms with Crippen LogP contribution < -0.4 is 0 Å². The van der Waals surface area contributed by atoms with E-state index >= 15 is 0 Å². The zero-order chi connectivity index (χ0) is 20.9. The number of aliphatic hydroxyl groups excluding tert-OH is 1. The van der Waals surface area contributed by atoms with E-state index in [1.807, 2.05) is 4.68 Å². The Labute approximate surface area is 173 Å². The first-order chi connectivity index (χ1) is 14.5. The molecule has 4 aromatic rings. The minimum absolute atomic E-state index is 0.280. The van der Waals surface area contributed by atoms with Crippen molar-refractivity contribution >= 4 is 10.9 Å². The zero-order valence-corrected chi connectivity index (χ0v) is 16.6. The third kappa shape index (κ3) is 3.01. The van der Waals surface area contributed by atoms with Gasteiger partial charge in [-0.1, -0.05) is 19.1 Å². The molecule has 1 N–H and O–H groups in total. The van der Waals surface area contributed by atoms with Crippen LogP contribution in [0.3, 0.4) is 0 Å². The summed E-state index contributed by atoms with van der Waals surface area (Å²) in [6.45, 7) is 2.08. The Morgan fingerprint density at radius 1 is 1.00 bits per heavy atom. The maximum atomic E-state index is 13.4. The quantitative estimate of drug-likeness (QED) is 0.480. The molecule has 0 bridgehead atoms. The second-order valence-corrected chi connectivity index (χ2v) is 8.33. The molecule has 0 unspecified atom stereocenters. The van der Waals surface area contributed by atoms with Gasteiger partial charge in [-0.3, -0.25) is 0 Å². The van der Waals surface area contributed by atoms with Crippen molar-refractivity contribution in [2.45, 2.75) is 37.7 Å². The first-order valence-electron chi connectivity index (χ1n) is 10.2. The first-order valence-corrected chi connectivity index (χ1v) is 10.2. The van der Waals surface area contributed by atoms with Gasteiger partial charge >= 0.3 is 0 Å². The fourth-order valence-electron chi connectivity index (χ4n) is 4.72.